The van der Waals surface area contributed by atoms with E-state index in [1.807, 2.05) is 0 Å². The monoisotopic (exact) mass is 293 g/mol. The van der Waals surface area contributed by atoms with E-state index in [-0.39, 0.29) is 31.3 Å². The highest BCUT2D eigenvalue weighted by atomic mass is 32.2. The number of primary sulfonamides is 1. The first kappa shape index (κ1) is 15.7. The van der Waals surface area contributed by atoms with Crippen molar-refractivity contribution < 1.29 is 23.1 Å². The van der Waals surface area contributed by atoms with Crippen LogP contribution in [0.5, 0.6) is 0 Å². The SMILES string of the molecule is CC1(C(=O)O)CCN(C(=O)NCCCS(N)(=O)=O)C1. The Bertz CT molecular complexity index is 464. The fourth-order valence-electron chi connectivity index (χ4n) is 1.89. The summed E-state index contributed by atoms with van der Waals surface area (Å²) in [6.45, 7) is 2.33. The normalized spacial score (nSPS) is 23.4. The Balaban J connectivity index is 2.34. The molecular formula is C10H19N3O5S. The van der Waals surface area contributed by atoms with Crippen LogP contribution in [0.15, 0.2) is 0 Å². The molecule has 8 nitrogen and oxygen atoms in total. The van der Waals surface area contributed by atoms with Gasteiger partial charge in [0.2, 0.25) is 10.0 Å². The van der Waals surface area contributed by atoms with E-state index in [0.717, 1.165) is 0 Å². The summed E-state index contributed by atoms with van der Waals surface area (Å²) in [7, 11) is -3.51. The van der Waals surface area contributed by atoms with E-state index in [2.05, 4.69) is 5.32 Å². The molecule has 9 heteroatoms. The molecule has 0 aliphatic carbocycles. The Kier molecular flexibility index (Phi) is 4.75. The Hall–Kier alpha value is -1.35. The molecule has 1 aliphatic heterocycles. The van der Waals surface area contributed by atoms with Gasteiger partial charge in [0.05, 0.1) is 11.2 Å². The molecule has 0 aromatic heterocycles. The molecule has 110 valence electrons. The second kappa shape index (κ2) is 5.74. The average molecular weight is 293 g/mol. The number of carbonyl (C=O) groups excluding carboxylic acids is 1. The maximum absolute atomic E-state index is 11.7. The first-order valence-electron chi connectivity index (χ1n) is 5.91. The van der Waals surface area contributed by atoms with Gasteiger partial charge in [0.1, 0.15) is 0 Å². The number of urea groups is 1. The van der Waals surface area contributed by atoms with Crippen LogP contribution < -0.4 is 10.5 Å². The summed E-state index contributed by atoms with van der Waals surface area (Å²) in [4.78, 5) is 24.2. The van der Waals surface area contributed by atoms with Crippen LogP contribution in [-0.2, 0) is 14.8 Å². The molecule has 0 bridgehead atoms. The summed E-state index contributed by atoms with van der Waals surface area (Å²) in [5.74, 6) is -1.11. The molecule has 1 heterocycles. The van der Waals surface area contributed by atoms with Gasteiger partial charge in [-0.1, -0.05) is 0 Å². The van der Waals surface area contributed by atoms with E-state index in [0.29, 0.717) is 13.0 Å². The Morgan fingerprint density at radius 2 is 2.11 bits per heavy atom. The van der Waals surface area contributed by atoms with Crippen molar-refractivity contribution in [2.75, 3.05) is 25.4 Å². The fraction of sp³-hybridized carbons (Fsp3) is 0.800. The van der Waals surface area contributed by atoms with E-state index in [1.165, 1.54) is 4.90 Å². The number of carbonyl (C=O) groups is 2. The summed E-state index contributed by atoms with van der Waals surface area (Å²) in [5.41, 5.74) is -0.905. The smallest absolute Gasteiger partial charge is 0.317 e. The second-order valence-corrected chi connectivity index (χ2v) is 6.72. The first-order valence-corrected chi connectivity index (χ1v) is 7.62. The number of nitrogens with zero attached hydrogens (tertiary/aromatic N) is 1. The van der Waals surface area contributed by atoms with Gasteiger partial charge in [-0.05, 0) is 19.8 Å². The molecule has 19 heavy (non-hydrogen) atoms. The van der Waals surface area contributed by atoms with Crippen LogP contribution in [0, 0.1) is 5.41 Å². The largest absolute Gasteiger partial charge is 0.481 e. The molecular weight excluding hydrogens is 274 g/mol. The molecule has 0 aromatic carbocycles. The zero-order valence-electron chi connectivity index (χ0n) is 10.8. The molecule has 2 amide bonds. The van der Waals surface area contributed by atoms with Crippen molar-refractivity contribution >= 4 is 22.0 Å². The Morgan fingerprint density at radius 3 is 2.58 bits per heavy atom. The molecule has 1 unspecified atom stereocenters. The molecule has 4 N–H and O–H groups in total. The summed E-state index contributed by atoms with van der Waals surface area (Å²) in [5, 5.41) is 16.4. The van der Waals surface area contributed by atoms with Crippen LogP contribution in [0.25, 0.3) is 0 Å². The lowest BCUT2D eigenvalue weighted by atomic mass is 9.90. The number of hydrogen-bond donors (Lipinski definition) is 3. The minimum atomic E-state index is -3.51. The van der Waals surface area contributed by atoms with E-state index in [4.69, 9.17) is 10.2 Å². The molecule has 0 saturated carbocycles. The van der Waals surface area contributed by atoms with Crippen LogP contribution >= 0.6 is 0 Å². The minimum absolute atomic E-state index is 0.156. The van der Waals surface area contributed by atoms with Crippen LogP contribution in [0.1, 0.15) is 19.8 Å². The van der Waals surface area contributed by atoms with Crippen LogP contribution in [0.4, 0.5) is 4.79 Å². The molecule has 1 aliphatic rings. The summed E-state index contributed by atoms with van der Waals surface area (Å²) in [6.07, 6.45) is 0.640. The van der Waals surface area contributed by atoms with Crippen molar-refractivity contribution in [2.24, 2.45) is 10.6 Å². The fourth-order valence-corrected chi connectivity index (χ4v) is 2.44. The number of likely N-dealkylation sites (tertiary alicyclic amines) is 1. The Morgan fingerprint density at radius 1 is 1.47 bits per heavy atom. The predicted molar refractivity (Wildman–Crippen MR) is 67.9 cm³/mol. The first-order chi connectivity index (χ1) is 8.64. The van der Waals surface area contributed by atoms with Gasteiger partial charge in [0, 0.05) is 19.6 Å². The molecule has 1 fully saturated rings. The number of aliphatic carboxylic acids is 1. The summed E-state index contributed by atoms with van der Waals surface area (Å²) >= 11 is 0. The zero-order valence-corrected chi connectivity index (χ0v) is 11.6. The second-order valence-electron chi connectivity index (χ2n) is 4.99. The molecule has 0 aromatic rings. The van der Waals surface area contributed by atoms with Crippen molar-refractivity contribution in [2.45, 2.75) is 19.8 Å². The average Bonchev–Trinajstić information content (AvgIpc) is 2.67. The molecule has 0 radical (unpaired) electrons. The van der Waals surface area contributed by atoms with Gasteiger partial charge >= 0.3 is 12.0 Å². The van der Waals surface area contributed by atoms with Gasteiger partial charge in [-0.15, -0.1) is 0 Å². The van der Waals surface area contributed by atoms with Gasteiger partial charge in [0.25, 0.3) is 0 Å². The van der Waals surface area contributed by atoms with Crippen LogP contribution in [0.3, 0.4) is 0 Å². The standard InChI is InChI=1S/C10H19N3O5S/c1-10(8(14)15)3-5-13(7-10)9(16)12-4-2-6-19(11,17)18/h2-7H2,1H3,(H,12,16)(H,14,15)(H2,11,17,18). The number of amides is 2. The third-order valence-corrected chi connectivity index (χ3v) is 4.02. The third-order valence-electron chi connectivity index (χ3n) is 3.16. The van der Waals surface area contributed by atoms with Gasteiger partial charge in [0.15, 0.2) is 0 Å². The maximum atomic E-state index is 11.7. The van der Waals surface area contributed by atoms with E-state index < -0.39 is 21.4 Å². The number of rotatable bonds is 5. The van der Waals surface area contributed by atoms with Crippen molar-refractivity contribution in [3.63, 3.8) is 0 Å². The number of hydrogen-bond acceptors (Lipinski definition) is 4. The van der Waals surface area contributed by atoms with Crippen molar-refractivity contribution in [1.82, 2.24) is 10.2 Å². The molecule has 1 saturated heterocycles. The zero-order chi connectivity index (χ0) is 14.7. The van der Waals surface area contributed by atoms with Gasteiger partial charge in [-0.2, -0.15) is 0 Å². The van der Waals surface area contributed by atoms with Crippen LogP contribution in [-0.4, -0.2) is 55.8 Å². The highest BCUT2D eigenvalue weighted by molar-refractivity contribution is 7.89. The Labute approximate surface area is 112 Å². The lowest BCUT2D eigenvalue weighted by molar-refractivity contribution is -0.147. The van der Waals surface area contributed by atoms with Crippen molar-refractivity contribution in [1.29, 1.82) is 0 Å². The number of carboxylic acids is 1. The minimum Gasteiger partial charge on any atom is -0.481 e. The summed E-state index contributed by atoms with van der Waals surface area (Å²) < 4.78 is 21.4. The van der Waals surface area contributed by atoms with Gasteiger partial charge < -0.3 is 15.3 Å². The molecule has 1 rings (SSSR count). The topological polar surface area (TPSA) is 130 Å². The molecule has 0 spiro atoms. The van der Waals surface area contributed by atoms with Crippen LogP contribution in [0.2, 0.25) is 0 Å². The number of carboxylic acid groups (broad SMARTS) is 1. The summed E-state index contributed by atoms with van der Waals surface area (Å²) in [6, 6.07) is -0.376. The van der Waals surface area contributed by atoms with Crippen molar-refractivity contribution in [3.8, 4) is 0 Å². The third kappa shape index (κ3) is 4.67. The number of nitrogens with two attached hydrogens (primary N) is 1. The number of nitrogens with one attached hydrogen (secondary N) is 1. The number of sulfonamides is 1. The quantitative estimate of drug-likeness (QED) is 0.570. The molecule has 1 atom stereocenters. The lowest BCUT2D eigenvalue weighted by Crippen LogP contribution is -2.41. The highest BCUT2D eigenvalue weighted by Crippen LogP contribution is 2.29. The van der Waals surface area contributed by atoms with E-state index in [9.17, 15) is 18.0 Å². The maximum Gasteiger partial charge on any atom is 0.317 e. The van der Waals surface area contributed by atoms with Gasteiger partial charge in [-0.25, -0.2) is 18.4 Å². The highest BCUT2D eigenvalue weighted by Gasteiger charge is 2.42. The predicted octanol–water partition coefficient (Wildman–Crippen LogP) is -0.829. The van der Waals surface area contributed by atoms with E-state index in [1.54, 1.807) is 6.92 Å². The van der Waals surface area contributed by atoms with E-state index >= 15 is 0 Å². The lowest BCUT2D eigenvalue weighted by Gasteiger charge is -2.20. The van der Waals surface area contributed by atoms with Crippen molar-refractivity contribution in [3.05, 3.63) is 0 Å². The van der Waals surface area contributed by atoms with Gasteiger partial charge in [-0.3, -0.25) is 4.79 Å².